The van der Waals surface area contributed by atoms with Crippen LogP contribution in [-0.2, 0) is 9.84 Å². The molecule has 1 amide bonds. The maximum absolute atomic E-state index is 12.1. The number of rotatable bonds is 3. The summed E-state index contributed by atoms with van der Waals surface area (Å²) < 4.78 is 22.9. The highest BCUT2D eigenvalue weighted by atomic mass is 32.2. The molecule has 2 aromatic rings. The van der Waals surface area contributed by atoms with Gasteiger partial charge in [0.05, 0.1) is 4.90 Å². The van der Waals surface area contributed by atoms with Crippen LogP contribution in [0, 0.1) is 22.7 Å². The number of H-pyrrole nitrogens is 1. The number of aromatic amines is 1. The molecule has 0 spiro atoms. The van der Waals surface area contributed by atoms with Gasteiger partial charge in [-0.15, -0.1) is 0 Å². The minimum Gasteiger partial charge on any atom is -0.314 e. The Hall–Kier alpha value is -3.17. The van der Waals surface area contributed by atoms with Crippen molar-refractivity contribution in [2.45, 2.75) is 4.90 Å². The number of aromatic nitrogens is 2. The van der Waals surface area contributed by atoms with Gasteiger partial charge in [0.15, 0.2) is 21.2 Å². The number of hydrogen-bond donors (Lipinski definition) is 2. The SMILES string of the molecule is CS(=O)(=O)c1cccc(C(=O)Nc2nc(C#N)c(C#N)[nH]2)c1. The summed E-state index contributed by atoms with van der Waals surface area (Å²) in [5.74, 6) is -0.684. The molecule has 0 unspecified atom stereocenters. The molecule has 22 heavy (non-hydrogen) atoms. The number of nitrogens with one attached hydrogen (secondary N) is 2. The Morgan fingerprint density at radius 2 is 2.05 bits per heavy atom. The van der Waals surface area contributed by atoms with Crippen LogP contribution in [0.25, 0.3) is 0 Å². The van der Waals surface area contributed by atoms with Crippen LogP contribution >= 0.6 is 0 Å². The standard InChI is InChI=1S/C13H9N5O3S/c1-22(20,21)9-4-2-3-8(5-9)12(19)18-13-16-10(6-14)11(7-15)17-13/h2-5H,1H3,(H2,16,17,18,19). The third kappa shape index (κ3) is 3.11. The van der Waals surface area contributed by atoms with Gasteiger partial charge in [-0.25, -0.2) is 13.4 Å². The first-order valence-electron chi connectivity index (χ1n) is 5.87. The van der Waals surface area contributed by atoms with Crippen molar-refractivity contribution >= 4 is 21.7 Å². The summed E-state index contributed by atoms with van der Waals surface area (Å²) in [5.41, 5.74) is -0.0956. The maximum atomic E-state index is 12.1. The topological polar surface area (TPSA) is 139 Å². The van der Waals surface area contributed by atoms with E-state index >= 15 is 0 Å². The first-order valence-corrected chi connectivity index (χ1v) is 7.76. The van der Waals surface area contributed by atoms with Gasteiger partial charge in [0.1, 0.15) is 12.1 Å². The molecule has 8 nitrogen and oxygen atoms in total. The lowest BCUT2D eigenvalue weighted by Gasteiger charge is -2.04. The number of benzene rings is 1. The highest BCUT2D eigenvalue weighted by molar-refractivity contribution is 7.90. The highest BCUT2D eigenvalue weighted by Crippen LogP contribution is 2.13. The Bertz CT molecular complexity index is 900. The second-order valence-corrected chi connectivity index (χ2v) is 6.30. The van der Waals surface area contributed by atoms with E-state index < -0.39 is 15.7 Å². The normalized spacial score (nSPS) is 10.5. The minimum atomic E-state index is -3.43. The summed E-state index contributed by atoms with van der Waals surface area (Å²) in [6, 6.07) is 8.93. The van der Waals surface area contributed by atoms with Gasteiger partial charge < -0.3 is 4.98 Å². The van der Waals surface area contributed by atoms with Crippen molar-refractivity contribution in [3.63, 3.8) is 0 Å². The molecular weight excluding hydrogens is 306 g/mol. The minimum absolute atomic E-state index is 0.00928. The molecule has 0 bridgehead atoms. The van der Waals surface area contributed by atoms with E-state index in [1.807, 2.05) is 0 Å². The number of sulfone groups is 1. The number of anilines is 1. The van der Waals surface area contributed by atoms with Crippen molar-refractivity contribution < 1.29 is 13.2 Å². The quantitative estimate of drug-likeness (QED) is 0.859. The Morgan fingerprint density at radius 3 is 2.59 bits per heavy atom. The zero-order valence-electron chi connectivity index (χ0n) is 11.3. The van der Waals surface area contributed by atoms with Gasteiger partial charge in [0.2, 0.25) is 5.95 Å². The first kappa shape index (κ1) is 15.2. The predicted molar refractivity (Wildman–Crippen MR) is 75.5 cm³/mol. The fourth-order valence-corrected chi connectivity index (χ4v) is 2.31. The number of amides is 1. The Kier molecular flexibility index (Phi) is 3.93. The number of nitriles is 2. The molecule has 1 heterocycles. The summed E-state index contributed by atoms with van der Waals surface area (Å²) in [6.07, 6.45) is 1.04. The molecule has 0 aliphatic heterocycles. The summed E-state index contributed by atoms with van der Waals surface area (Å²) >= 11 is 0. The molecule has 1 aromatic carbocycles. The van der Waals surface area contributed by atoms with Gasteiger partial charge in [-0.05, 0) is 18.2 Å². The van der Waals surface area contributed by atoms with Crippen LogP contribution in [0.15, 0.2) is 29.2 Å². The Morgan fingerprint density at radius 1 is 1.32 bits per heavy atom. The number of hydrogen-bond acceptors (Lipinski definition) is 6. The Labute approximate surface area is 125 Å². The lowest BCUT2D eigenvalue weighted by atomic mass is 10.2. The molecule has 0 atom stereocenters. The number of imidazole rings is 1. The smallest absolute Gasteiger partial charge is 0.258 e. The monoisotopic (exact) mass is 315 g/mol. The summed E-state index contributed by atoms with van der Waals surface area (Å²) in [7, 11) is -3.43. The van der Waals surface area contributed by atoms with Crippen LogP contribution in [0.4, 0.5) is 5.95 Å². The largest absolute Gasteiger partial charge is 0.314 e. The van der Waals surface area contributed by atoms with Crippen molar-refractivity contribution in [2.24, 2.45) is 0 Å². The van der Waals surface area contributed by atoms with Crippen LogP contribution in [0.3, 0.4) is 0 Å². The van der Waals surface area contributed by atoms with E-state index in [0.717, 1.165) is 6.26 Å². The lowest BCUT2D eigenvalue weighted by molar-refractivity contribution is 0.102. The summed E-state index contributed by atoms with van der Waals surface area (Å²) in [5, 5.41) is 19.9. The zero-order valence-corrected chi connectivity index (χ0v) is 12.1. The van der Waals surface area contributed by atoms with Crippen molar-refractivity contribution in [2.75, 3.05) is 11.6 Å². The van der Waals surface area contributed by atoms with Gasteiger partial charge in [0, 0.05) is 11.8 Å². The lowest BCUT2D eigenvalue weighted by Crippen LogP contribution is -2.13. The number of carbonyl (C=O) groups excluding carboxylic acids is 1. The van der Waals surface area contributed by atoms with Crippen LogP contribution in [0.2, 0.25) is 0 Å². The molecule has 0 aliphatic rings. The fraction of sp³-hybridized carbons (Fsp3) is 0.0769. The molecule has 9 heteroatoms. The van der Waals surface area contributed by atoms with E-state index in [1.165, 1.54) is 24.3 Å². The molecule has 0 fully saturated rings. The second-order valence-electron chi connectivity index (χ2n) is 4.29. The van der Waals surface area contributed by atoms with Gasteiger partial charge in [0.25, 0.3) is 5.91 Å². The van der Waals surface area contributed by atoms with Crippen molar-refractivity contribution in [3.8, 4) is 12.1 Å². The van der Waals surface area contributed by atoms with E-state index in [4.69, 9.17) is 10.5 Å². The van der Waals surface area contributed by atoms with E-state index in [-0.39, 0.29) is 27.8 Å². The molecule has 0 saturated heterocycles. The molecular formula is C13H9N5O3S. The molecule has 2 rings (SSSR count). The van der Waals surface area contributed by atoms with Crippen LogP contribution in [0.5, 0.6) is 0 Å². The van der Waals surface area contributed by atoms with Gasteiger partial charge in [-0.1, -0.05) is 6.07 Å². The van der Waals surface area contributed by atoms with Crippen molar-refractivity contribution in [3.05, 3.63) is 41.2 Å². The zero-order chi connectivity index (χ0) is 16.3. The molecule has 2 N–H and O–H groups in total. The summed E-state index contributed by atoms with van der Waals surface area (Å²) in [4.78, 5) is 18.3. The van der Waals surface area contributed by atoms with Gasteiger partial charge >= 0.3 is 0 Å². The van der Waals surface area contributed by atoms with Gasteiger partial charge in [-0.3, -0.25) is 10.1 Å². The van der Waals surface area contributed by atoms with Crippen LogP contribution in [-0.4, -0.2) is 30.5 Å². The molecule has 0 aliphatic carbocycles. The molecule has 110 valence electrons. The van der Waals surface area contributed by atoms with E-state index in [0.29, 0.717) is 0 Å². The third-order valence-corrected chi connectivity index (χ3v) is 3.79. The average Bonchev–Trinajstić information content (AvgIpc) is 2.88. The Balaban J connectivity index is 2.29. The van der Waals surface area contributed by atoms with Crippen molar-refractivity contribution in [1.29, 1.82) is 10.5 Å². The van der Waals surface area contributed by atoms with E-state index in [1.54, 1.807) is 12.1 Å². The van der Waals surface area contributed by atoms with Crippen LogP contribution < -0.4 is 5.32 Å². The maximum Gasteiger partial charge on any atom is 0.258 e. The van der Waals surface area contributed by atoms with E-state index in [2.05, 4.69) is 15.3 Å². The second kappa shape index (κ2) is 5.68. The first-order chi connectivity index (χ1) is 10.3. The molecule has 0 radical (unpaired) electrons. The number of nitrogens with zero attached hydrogens (tertiary/aromatic N) is 3. The number of carbonyl (C=O) groups is 1. The van der Waals surface area contributed by atoms with Crippen molar-refractivity contribution in [1.82, 2.24) is 9.97 Å². The van der Waals surface area contributed by atoms with Gasteiger partial charge in [-0.2, -0.15) is 10.5 Å². The van der Waals surface area contributed by atoms with E-state index in [9.17, 15) is 13.2 Å². The summed E-state index contributed by atoms with van der Waals surface area (Å²) in [6.45, 7) is 0. The van der Waals surface area contributed by atoms with Crippen LogP contribution in [0.1, 0.15) is 21.7 Å². The molecule has 0 saturated carbocycles. The average molecular weight is 315 g/mol. The fourth-order valence-electron chi connectivity index (χ4n) is 1.64. The predicted octanol–water partition coefficient (Wildman–Crippen LogP) is 0.809. The third-order valence-electron chi connectivity index (χ3n) is 2.68. The molecule has 1 aromatic heterocycles. The highest BCUT2D eigenvalue weighted by Gasteiger charge is 2.15.